The molecular formula is C18H19NO2. The van der Waals surface area contributed by atoms with E-state index in [0.717, 1.165) is 11.1 Å². The Morgan fingerprint density at radius 1 is 0.810 bits per heavy atom. The van der Waals surface area contributed by atoms with Crippen LogP contribution in [0.5, 0.6) is 11.5 Å². The number of hydrogen-bond acceptors (Lipinski definition) is 3. The van der Waals surface area contributed by atoms with Gasteiger partial charge in [0, 0.05) is 0 Å². The highest BCUT2D eigenvalue weighted by Crippen LogP contribution is 2.35. The summed E-state index contributed by atoms with van der Waals surface area (Å²) in [5.41, 5.74) is 2.69. The zero-order valence-corrected chi connectivity index (χ0v) is 11.8. The fourth-order valence-corrected chi connectivity index (χ4v) is 2.17. The summed E-state index contributed by atoms with van der Waals surface area (Å²) in [5.74, 6) is 0.344. The molecule has 0 amide bonds. The molecule has 0 saturated heterocycles. The van der Waals surface area contributed by atoms with Crippen molar-refractivity contribution in [1.82, 2.24) is 0 Å². The van der Waals surface area contributed by atoms with Gasteiger partial charge >= 0.3 is 0 Å². The first-order valence-corrected chi connectivity index (χ1v) is 6.78. The molecule has 3 heteroatoms. The van der Waals surface area contributed by atoms with Crippen LogP contribution in [0, 0.1) is 0 Å². The zero-order chi connectivity index (χ0) is 15.2. The van der Waals surface area contributed by atoms with E-state index in [0.29, 0.717) is 24.2 Å². The van der Waals surface area contributed by atoms with Crippen molar-refractivity contribution in [2.45, 2.75) is 12.8 Å². The van der Waals surface area contributed by atoms with Gasteiger partial charge in [0.1, 0.15) is 11.5 Å². The van der Waals surface area contributed by atoms with Crippen LogP contribution >= 0.6 is 0 Å². The number of phenolic OH excluding ortho intramolecular Hbond substituents is 2. The molecule has 0 aromatic heterocycles. The van der Waals surface area contributed by atoms with E-state index in [9.17, 15) is 10.2 Å². The molecule has 108 valence electrons. The summed E-state index contributed by atoms with van der Waals surface area (Å²) in [4.78, 5) is 0. The molecule has 3 nitrogen and oxygen atoms in total. The van der Waals surface area contributed by atoms with Crippen LogP contribution in [0.4, 0.5) is 11.4 Å². The molecule has 0 unspecified atom stereocenters. The fraction of sp³-hybridized carbons (Fsp3) is 0.111. The van der Waals surface area contributed by atoms with Crippen LogP contribution in [-0.2, 0) is 12.8 Å². The number of benzene rings is 2. The van der Waals surface area contributed by atoms with Gasteiger partial charge in [0.15, 0.2) is 0 Å². The van der Waals surface area contributed by atoms with Gasteiger partial charge in [-0.1, -0.05) is 36.4 Å². The molecule has 2 aromatic rings. The predicted molar refractivity (Wildman–Crippen MR) is 87.3 cm³/mol. The Morgan fingerprint density at radius 2 is 1.24 bits per heavy atom. The Balaban J connectivity index is 2.34. The zero-order valence-electron chi connectivity index (χ0n) is 11.8. The van der Waals surface area contributed by atoms with Crippen LogP contribution in [0.25, 0.3) is 0 Å². The van der Waals surface area contributed by atoms with Gasteiger partial charge in [0.2, 0.25) is 0 Å². The second-order valence-electron chi connectivity index (χ2n) is 4.74. The number of rotatable bonds is 6. The standard InChI is InChI=1S/C18H19NO2/c1-3-7-13-9-5-11-15(17(13)20)19-16-12-6-10-14(8-4-2)18(16)21/h3-6,9-12,19-21H,1-2,7-8H2. The monoisotopic (exact) mass is 281 g/mol. The van der Waals surface area contributed by atoms with Gasteiger partial charge in [-0.05, 0) is 36.1 Å². The number of allylic oxidation sites excluding steroid dienone is 2. The van der Waals surface area contributed by atoms with E-state index in [2.05, 4.69) is 18.5 Å². The lowest BCUT2D eigenvalue weighted by Crippen LogP contribution is -1.95. The molecule has 2 rings (SSSR count). The molecule has 0 heterocycles. The quantitative estimate of drug-likeness (QED) is 0.546. The molecule has 0 aliphatic carbocycles. The van der Waals surface area contributed by atoms with Crippen molar-refractivity contribution in [3.8, 4) is 11.5 Å². The van der Waals surface area contributed by atoms with E-state index in [1.54, 1.807) is 24.3 Å². The number of aromatic hydroxyl groups is 2. The Morgan fingerprint density at radius 3 is 1.62 bits per heavy atom. The van der Waals surface area contributed by atoms with Gasteiger partial charge in [-0.15, -0.1) is 13.2 Å². The van der Waals surface area contributed by atoms with Gasteiger partial charge in [0.25, 0.3) is 0 Å². The lowest BCUT2D eigenvalue weighted by Gasteiger charge is -2.14. The van der Waals surface area contributed by atoms with Crippen LogP contribution in [0.1, 0.15) is 11.1 Å². The summed E-state index contributed by atoms with van der Waals surface area (Å²) in [7, 11) is 0. The van der Waals surface area contributed by atoms with E-state index in [4.69, 9.17) is 0 Å². The lowest BCUT2D eigenvalue weighted by atomic mass is 10.1. The van der Waals surface area contributed by atoms with Gasteiger partial charge < -0.3 is 15.5 Å². The van der Waals surface area contributed by atoms with Crippen molar-refractivity contribution in [2.75, 3.05) is 5.32 Å². The summed E-state index contributed by atoms with van der Waals surface area (Å²) in [6.45, 7) is 7.35. The Bertz CT molecular complexity index is 605. The third-order valence-corrected chi connectivity index (χ3v) is 3.24. The first-order chi connectivity index (χ1) is 10.2. The first kappa shape index (κ1) is 14.7. The highest BCUT2D eigenvalue weighted by atomic mass is 16.3. The van der Waals surface area contributed by atoms with Crippen molar-refractivity contribution < 1.29 is 10.2 Å². The summed E-state index contributed by atoms with van der Waals surface area (Å²) in [5, 5.41) is 23.5. The topological polar surface area (TPSA) is 52.5 Å². The molecule has 2 aromatic carbocycles. The smallest absolute Gasteiger partial charge is 0.142 e. The maximum Gasteiger partial charge on any atom is 0.142 e. The third kappa shape index (κ3) is 3.26. The molecule has 0 fully saturated rings. The van der Waals surface area contributed by atoms with Gasteiger partial charge in [-0.25, -0.2) is 0 Å². The largest absolute Gasteiger partial charge is 0.505 e. The second-order valence-corrected chi connectivity index (χ2v) is 4.74. The van der Waals surface area contributed by atoms with Crippen molar-refractivity contribution >= 4 is 11.4 Å². The summed E-state index contributed by atoms with van der Waals surface area (Å²) < 4.78 is 0. The second kappa shape index (κ2) is 6.66. The van der Waals surface area contributed by atoms with E-state index in [1.807, 2.05) is 24.3 Å². The minimum absolute atomic E-state index is 0.172. The average Bonchev–Trinajstić information content (AvgIpc) is 2.48. The molecule has 0 atom stereocenters. The van der Waals surface area contributed by atoms with Crippen molar-refractivity contribution in [3.63, 3.8) is 0 Å². The minimum atomic E-state index is 0.172. The first-order valence-electron chi connectivity index (χ1n) is 6.78. The Labute approximate surface area is 124 Å². The van der Waals surface area contributed by atoms with Crippen molar-refractivity contribution in [3.05, 3.63) is 72.8 Å². The maximum absolute atomic E-state index is 10.2. The molecule has 0 spiro atoms. The normalized spacial score (nSPS) is 10.1. The number of anilines is 2. The van der Waals surface area contributed by atoms with E-state index in [-0.39, 0.29) is 11.5 Å². The number of phenols is 2. The SMILES string of the molecule is C=CCc1cccc(Nc2cccc(CC=C)c2O)c1O. The lowest BCUT2D eigenvalue weighted by molar-refractivity contribution is 0.469. The van der Waals surface area contributed by atoms with E-state index >= 15 is 0 Å². The molecule has 3 N–H and O–H groups in total. The molecule has 0 aliphatic heterocycles. The fourth-order valence-electron chi connectivity index (χ4n) is 2.17. The van der Waals surface area contributed by atoms with Crippen molar-refractivity contribution in [2.24, 2.45) is 0 Å². The number of hydrogen-bond donors (Lipinski definition) is 3. The molecular weight excluding hydrogens is 262 g/mol. The third-order valence-electron chi connectivity index (χ3n) is 3.24. The predicted octanol–water partition coefficient (Wildman–Crippen LogP) is 4.30. The molecule has 0 aliphatic rings. The highest BCUT2D eigenvalue weighted by Gasteiger charge is 2.10. The van der Waals surface area contributed by atoms with E-state index < -0.39 is 0 Å². The maximum atomic E-state index is 10.2. The van der Waals surface area contributed by atoms with E-state index in [1.165, 1.54) is 0 Å². The summed E-state index contributed by atoms with van der Waals surface area (Å²) in [6, 6.07) is 10.9. The van der Waals surface area contributed by atoms with Crippen LogP contribution in [0.3, 0.4) is 0 Å². The van der Waals surface area contributed by atoms with Gasteiger partial charge in [-0.2, -0.15) is 0 Å². The molecule has 0 saturated carbocycles. The van der Waals surface area contributed by atoms with Crippen LogP contribution in [0.15, 0.2) is 61.7 Å². The molecule has 0 bridgehead atoms. The summed E-state index contributed by atoms with van der Waals surface area (Å²) >= 11 is 0. The molecule has 0 radical (unpaired) electrons. The highest BCUT2D eigenvalue weighted by molar-refractivity contribution is 5.72. The summed E-state index contributed by atoms with van der Waals surface area (Å²) in [6.07, 6.45) is 4.65. The van der Waals surface area contributed by atoms with Crippen LogP contribution < -0.4 is 5.32 Å². The number of para-hydroxylation sites is 2. The Hall–Kier alpha value is -2.68. The minimum Gasteiger partial charge on any atom is -0.505 e. The van der Waals surface area contributed by atoms with Crippen LogP contribution in [0.2, 0.25) is 0 Å². The number of nitrogens with one attached hydrogen (secondary N) is 1. The van der Waals surface area contributed by atoms with Gasteiger partial charge in [0.05, 0.1) is 11.4 Å². The molecule has 21 heavy (non-hydrogen) atoms. The van der Waals surface area contributed by atoms with Gasteiger partial charge in [-0.3, -0.25) is 0 Å². The van der Waals surface area contributed by atoms with Crippen LogP contribution in [-0.4, -0.2) is 10.2 Å². The average molecular weight is 281 g/mol. The van der Waals surface area contributed by atoms with Crippen molar-refractivity contribution in [1.29, 1.82) is 0 Å². The Kier molecular flexibility index (Phi) is 4.67.